The smallest absolute Gasteiger partial charge is 0.227 e. The van der Waals surface area contributed by atoms with E-state index in [0.29, 0.717) is 13.0 Å². The van der Waals surface area contributed by atoms with Crippen LogP contribution in [0.5, 0.6) is 0 Å². The molecule has 6 nitrogen and oxygen atoms in total. The molecule has 1 unspecified atom stereocenters. The van der Waals surface area contributed by atoms with Gasteiger partial charge in [0.25, 0.3) is 0 Å². The average Bonchev–Trinajstić information content (AvgIpc) is 2.84. The van der Waals surface area contributed by atoms with E-state index in [1.54, 1.807) is 6.20 Å². The Hall–Kier alpha value is -2.96. The summed E-state index contributed by atoms with van der Waals surface area (Å²) in [5, 5.41) is 5.51. The molecular weight excluding hydrogens is 400 g/mol. The number of pyridine rings is 1. The Kier molecular flexibility index (Phi) is 6.32. The molecule has 1 aromatic heterocycles. The second-order valence-corrected chi connectivity index (χ2v) is 8.58. The number of anilines is 2. The molecule has 6 heteroatoms. The molecule has 1 atom stereocenters. The van der Waals surface area contributed by atoms with Crippen molar-refractivity contribution in [1.82, 2.24) is 9.88 Å². The van der Waals surface area contributed by atoms with E-state index in [2.05, 4.69) is 62.6 Å². The summed E-state index contributed by atoms with van der Waals surface area (Å²) in [6, 6.07) is 18.9. The highest BCUT2D eigenvalue weighted by atomic mass is 16.5. The number of hydrogen-bond acceptors (Lipinski definition) is 5. The fraction of sp³-hybridized carbons (Fsp3) is 0.385. The lowest BCUT2D eigenvalue weighted by atomic mass is 10.1. The molecule has 5 rings (SSSR count). The summed E-state index contributed by atoms with van der Waals surface area (Å²) in [4.78, 5) is 21.4. The molecule has 32 heavy (non-hydrogen) atoms. The number of ether oxygens (including phenoxy) is 1. The van der Waals surface area contributed by atoms with Crippen molar-refractivity contribution in [3.63, 3.8) is 0 Å². The van der Waals surface area contributed by atoms with Crippen molar-refractivity contribution in [3.8, 4) is 0 Å². The molecule has 1 saturated heterocycles. The Morgan fingerprint density at radius 3 is 2.72 bits per heavy atom. The van der Waals surface area contributed by atoms with E-state index in [4.69, 9.17) is 4.74 Å². The molecule has 0 aliphatic carbocycles. The van der Waals surface area contributed by atoms with E-state index in [-0.39, 0.29) is 12.0 Å². The van der Waals surface area contributed by atoms with Gasteiger partial charge in [-0.3, -0.25) is 14.7 Å². The minimum atomic E-state index is -0.232. The van der Waals surface area contributed by atoms with Gasteiger partial charge in [0.2, 0.25) is 5.91 Å². The molecule has 166 valence electrons. The Morgan fingerprint density at radius 1 is 0.969 bits per heavy atom. The Bertz CT molecular complexity index is 1070. The van der Waals surface area contributed by atoms with E-state index in [1.165, 1.54) is 16.5 Å². The number of hydrogen-bond donors (Lipinski definition) is 1. The summed E-state index contributed by atoms with van der Waals surface area (Å²) >= 11 is 0. The molecule has 3 heterocycles. The number of carbonyl (C=O) groups is 1. The van der Waals surface area contributed by atoms with Crippen LogP contribution in [0.15, 0.2) is 60.8 Å². The van der Waals surface area contributed by atoms with Gasteiger partial charge >= 0.3 is 0 Å². The number of amides is 1. The minimum Gasteiger partial charge on any atom is -0.371 e. The molecule has 2 aliphatic rings. The first-order chi connectivity index (χ1) is 15.8. The number of rotatable bonds is 7. The van der Waals surface area contributed by atoms with E-state index in [0.717, 1.165) is 56.9 Å². The monoisotopic (exact) mass is 430 g/mol. The standard InChI is InChI=1S/C26H30N4O2/c31-25-19-24(26-22(28-25)10-6-12-27-26)32-18-4-3-13-29-14-16-30(17-15-29)23-11-5-8-20-7-1-2-9-21(20)23/h1-2,5-12,24H,3-4,13-19H2,(H,28,31). The number of benzene rings is 2. The van der Waals surface area contributed by atoms with Crippen LogP contribution >= 0.6 is 0 Å². The highest BCUT2D eigenvalue weighted by Gasteiger charge is 2.26. The van der Waals surface area contributed by atoms with Crippen LogP contribution in [-0.2, 0) is 9.53 Å². The van der Waals surface area contributed by atoms with Gasteiger partial charge in [-0.2, -0.15) is 0 Å². The van der Waals surface area contributed by atoms with Crippen LogP contribution < -0.4 is 10.2 Å². The second-order valence-electron chi connectivity index (χ2n) is 8.58. The number of unbranched alkanes of at least 4 members (excludes halogenated alkanes) is 1. The molecular formula is C26H30N4O2. The lowest BCUT2D eigenvalue weighted by molar-refractivity contribution is -0.119. The molecule has 0 bridgehead atoms. The van der Waals surface area contributed by atoms with Crippen LogP contribution in [0.1, 0.15) is 31.1 Å². The summed E-state index contributed by atoms with van der Waals surface area (Å²) in [6.45, 7) is 6.04. The first kappa shape index (κ1) is 20.9. The molecule has 0 saturated carbocycles. The Morgan fingerprint density at radius 2 is 1.81 bits per heavy atom. The van der Waals surface area contributed by atoms with E-state index in [9.17, 15) is 4.79 Å². The molecule has 0 spiro atoms. The van der Waals surface area contributed by atoms with Gasteiger partial charge < -0.3 is 15.0 Å². The fourth-order valence-corrected chi connectivity index (χ4v) is 4.74. The maximum atomic E-state index is 11.9. The Labute approximate surface area is 189 Å². The van der Waals surface area contributed by atoms with Crippen molar-refractivity contribution in [2.45, 2.75) is 25.4 Å². The van der Waals surface area contributed by atoms with Crippen molar-refractivity contribution >= 4 is 28.1 Å². The molecule has 2 aliphatic heterocycles. The van der Waals surface area contributed by atoms with Crippen LogP contribution in [0.3, 0.4) is 0 Å². The molecule has 2 aromatic carbocycles. The second kappa shape index (κ2) is 9.67. The van der Waals surface area contributed by atoms with Crippen LogP contribution in [0.4, 0.5) is 11.4 Å². The zero-order valence-electron chi connectivity index (χ0n) is 18.4. The van der Waals surface area contributed by atoms with Gasteiger partial charge in [-0.25, -0.2) is 0 Å². The largest absolute Gasteiger partial charge is 0.371 e. The van der Waals surface area contributed by atoms with Gasteiger partial charge in [-0.1, -0.05) is 36.4 Å². The number of aromatic nitrogens is 1. The normalized spacial score (nSPS) is 19.1. The summed E-state index contributed by atoms with van der Waals surface area (Å²) in [5.41, 5.74) is 2.97. The molecule has 1 amide bonds. The zero-order valence-corrected chi connectivity index (χ0v) is 18.4. The highest BCUT2D eigenvalue weighted by molar-refractivity contribution is 5.94. The summed E-state index contributed by atoms with van der Waals surface area (Å²) < 4.78 is 6.03. The third-order valence-corrected chi connectivity index (χ3v) is 6.46. The maximum Gasteiger partial charge on any atom is 0.227 e. The fourth-order valence-electron chi connectivity index (χ4n) is 4.74. The lowest BCUT2D eigenvalue weighted by Gasteiger charge is -2.36. The summed E-state index contributed by atoms with van der Waals surface area (Å²) in [5.74, 6) is -0.000402. The van der Waals surface area contributed by atoms with Crippen LogP contribution in [0.25, 0.3) is 10.8 Å². The third-order valence-electron chi connectivity index (χ3n) is 6.46. The third kappa shape index (κ3) is 4.61. The van der Waals surface area contributed by atoms with Crippen molar-refractivity contribution in [2.24, 2.45) is 0 Å². The maximum absolute atomic E-state index is 11.9. The molecule has 3 aromatic rings. The summed E-state index contributed by atoms with van der Waals surface area (Å²) in [7, 11) is 0. The number of nitrogens with zero attached hydrogens (tertiary/aromatic N) is 3. The van der Waals surface area contributed by atoms with Crippen LogP contribution in [0.2, 0.25) is 0 Å². The van der Waals surface area contributed by atoms with Gasteiger partial charge in [0.05, 0.1) is 17.8 Å². The van der Waals surface area contributed by atoms with Crippen molar-refractivity contribution in [1.29, 1.82) is 0 Å². The topological polar surface area (TPSA) is 57.7 Å². The van der Waals surface area contributed by atoms with E-state index < -0.39 is 0 Å². The molecule has 1 fully saturated rings. The van der Waals surface area contributed by atoms with E-state index >= 15 is 0 Å². The van der Waals surface area contributed by atoms with Crippen LogP contribution in [0, 0.1) is 0 Å². The first-order valence-electron chi connectivity index (χ1n) is 11.6. The Balaban J connectivity index is 1.06. The molecule has 1 N–H and O–H groups in total. The number of fused-ring (bicyclic) bond motifs is 2. The predicted octanol–water partition coefficient (Wildman–Crippen LogP) is 4.24. The van der Waals surface area contributed by atoms with E-state index in [1.807, 2.05) is 12.1 Å². The first-order valence-corrected chi connectivity index (χ1v) is 11.6. The minimum absolute atomic E-state index is 0.000402. The van der Waals surface area contributed by atoms with Gasteiger partial charge in [-0.05, 0) is 43.0 Å². The van der Waals surface area contributed by atoms with Gasteiger partial charge in [0.1, 0.15) is 6.10 Å². The average molecular weight is 431 g/mol. The van der Waals surface area contributed by atoms with Gasteiger partial charge in [-0.15, -0.1) is 0 Å². The lowest BCUT2D eigenvalue weighted by Crippen LogP contribution is -2.46. The summed E-state index contributed by atoms with van der Waals surface area (Å²) in [6.07, 6.45) is 3.96. The quantitative estimate of drug-likeness (QED) is 0.569. The SMILES string of the molecule is O=C1CC(OCCCCN2CCN(c3cccc4ccccc34)CC2)c2ncccc2N1. The predicted molar refractivity (Wildman–Crippen MR) is 128 cm³/mol. The number of nitrogens with one attached hydrogen (secondary N) is 1. The number of carbonyl (C=O) groups excluding carboxylic acids is 1. The van der Waals surface area contributed by atoms with Crippen molar-refractivity contribution in [2.75, 3.05) is 49.5 Å². The highest BCUT2D eigenvalue weighted by Crippen LogP contribution is 2.31. The van der Waals surface area contributed by atoms with Crippen LogP contribution in [-0.4, -0.2) is 55.1 Å². The van der Waals surface area contributed by atoms with Gasteiger partial charge in [0, 0.05) is 50.1 Å². The zero-order chi connectivity index (χ0) is 21.8. The molecule has 0 radical (unpaired) electrons. The number of piperazine rings is 1. The van der Waals surface area contributed by atoms with Gasteiger partial charge in [0.15, 0.2) is 0 Å². The van der Waals surface area contributed by atoms with Crippen molar-refractivity contribution < 1.29 is 9.53 Å². The van der Waals surface area contributed by atoms with Crippen molar-refractivity contribution in [3.05, 3.63) is 66.5 Å².